The highest BCUT2D eigenvalue weighted by Gasteiger charge is 2.12. The Morgan fingerprint density at radius 3 is 2.50 bits per heavy atom. The van der Waals surface area contributed by atoms with Gasteiger partial charge in [0.2, 0.25) is 0 Å². The van der Waals surface area contributed by atoms with Crippen molar-refractivity contribution in [2.75, 3.05) is 0 Å². The maximum Gasteiger partial charge on any atom is 0.251 e. The van der Waals surface area contributed by atoms with Gasteiger partial charge in [0, 0.05) is 5.02 Å². The number of carbonyl (C=O) groups excluding carboxylic acids is 1. The van der Waals surface area contributed by atoms with Crippen LogP contribution < -0.4 is 5.73 Å². The summed E-state index contributed by atoms with van der Waals surface area (Å²) in [4.78, 5) is 10.6. The predicted molar refractivity (Wildman–Crippen MR) is 44.9 cm³/mol. The second-order valence-corrected chi connectivity index (χ2v) is 2.96. The third-order valence-electron chi connectivity index (χ3n) is 1.26. The number of amides is 1. The summed E-state index contributed by atoms with van der Waals surface area (Å²) in [5, 5.41) is -0.0356. The molecule has 0 aliphatic rings. The van der Waals surface area contributed by atoms with Gasteiger partial charge in [-0.1, -0.05) is 23.2 Å². The minimum absolute atomic E-state index is 0.176. The van der Waals surface area contributed by atoms with Gasteiger partial charge in [-0.25, -0.2) is 4.39 Å². The number of hydrogen-bond acceptors (Lipinski definition) is 1. The van der Waals surface area contributed by atoms with Gasteiger partial charge in [-0.3, -0.25) is 4.79 Å². The molecule has 0 aromatic heterocycles. The fourth-order valence-electron chi connectivity index (χ4n) is 0.735. The first-order chi connectivity index (χ1) is 5.52. The molecule has 12 heavy (non-hydrogen) atoms. The summed E-state index contributed by atoms with van der Waals surface area (Å²) >= 11 is 10.9. The topological polar surface area (TPSA) is 43.1 Å². The van der Waals surface area contributed by atoms with Gasteiger partial charge in [0.25, 0.3) is 5.91 Å². The monoisotopic (exact) mass is 207 g/mol. The highest BCUT2D eigenvalue weighted by Crippen LogP contribution is 2.23. The molecule has 0 saturated carbocycles. The maximum absolute atomic E-state index is 12.9. The van der Waals surface area contributed by atoms with E-state index in [9.17, 15) is 9.18 Å². The molecule has 1 aromatic carbocycles. The fourth-order valence-corrected chi connectivity index (χ4v) is 1.23. The average molecular weight is 208 g/mol. The van der Waals surface area contributed by atoms with Crippen molar-refractivity contribution in [1.82, 2.24) is 0 Å². The second kappa shape index (κ2) is 3.29. The van der Waals surface area contributed by atoms with Gasteiger partial charge in [-0.05, 0) is 12.1 Å². The first-order valence-electron chi connectivity index (χ1n) is 2.96. The summed E-state index contributed by atoms with van der Waals surface area (Å²) in [6.07, 6.45) is 0. The van der Waals surface area contributed by atoms with Crippen LogP contribution >= 0.6 is 23.2 Å². The lowest BCUT2D eigenvalue weighted by Crippen LogP contribution is -2.13. The number of carbonyl (C=O) groups is 1. The van der Waals surface area contributed by atoms with Crippen LogP contribution in [0, 0.1) is 5.82 Å². The Hall–Kier alpha value is -0.800. The molecule has 0 fully saturated rings. The lowest BCUT2D eigenvalue weighted by atomic mass is 10.2. The van der Waals surface area contributed by atoms with Gasteiger partial charge in [0.1, 0.15) is 0 Å². The van der Waals surface area contributed by atoms with Crippen molar-refractivity contribution < 1.29 is 9.18 Å². The number of benzene rings is 1. The van der Waals surface area contributed by atoms with E-state index < -0.39 is 11.7 Å². The minimum Gasteiger partial charge on any atom is -0.366 e. The van der Waals surface area contributed by atoms with Crippen molar-refractivity contribution in [2.45, 2.75) is 0 Å². The van der Waals surface area contributed by atoms with E-state index in [0.29, 0.717) is 0 Å². The molecule has 0 bridgehead atoms. The molecule has 0 saturated heterocycles. The Morgan fingerprint density at radius 1 is 1.42 bits per heavy atom. The first kappa shape index (κ1) is 9.29. The van der Waals surface area contributed by atoms with E-state index in [1.807, 2.05) is 0 Å². The molecule has 1 aromatic rings. The Bertz CT molecular complexity index is 340. The molecule has 1 rings (SSSR count). The summed E-state index contributed by atoms with van der Waals surface area (Å²) in [6, 6.07) is 2.33. The summed E-state index contributed by atoms with van der Waals surface area (Å²) in [5.41, 5.74) is 4.56. The van der Waals surface area contributed by atoms with Crippen LogP contribution in [0.15, 0.2) is 12.1 Å². The number of hydrogen-bond donors (Lipinski definition) is 1. The van der Waals surface area contributed by atoms with Gasteiger partial charge in [0.15, 0.2) is 5.82 Å². The lowest BCUT2D eigenvalue weighted by Gasteiger charge is -2.00. The Morgan fingerprint density at radius 2 is 2.00 bits per heavy atom. The van der Waals surface area contributed by atoms with Crippen LogP contribution in [0.3, 0.4) is 0 Å². The van der Waals surface area contributed by atoms with E-state index in [1.54, 1.807) is 0 Å². The van der Waals surface area contributed by atoms with Gasteiger partial charge in [-0.2, -0.15) is 0 Å². The normalized spacial score (nSPS) is 9.92. The van der Waals surface area contributed by atoms with E-state index >= 15 is 0 Å². The van der Waals surface area contributed by atoms with Crippen molar-refractivity contribution in [1.29, 1.82) is 0 Å². The van der Waals surface area contributed by atoms with Crippen LogP contribution in [0.25, 0.3) is 0 Å². The van der Waals surface area contributed by atoms with E-state index in [-0.39, 0.29) is 15.6 Å². The zero-order valence-corrected chi connectivity index (χ0v) is 7.29. The van der Waals surface area contributed by atoms with Gasteiger partial charge >= 0.3 is 0 Å². The van der Waals surface area contributed by atoms with Gasteiger partial charge < -0.3 is 5.73 Å². The smallest absolute Gasteiger partial charge is 0.251 e. The van der Waals surface area contributed by atoms with Crippen molar-refractivity contribution in [3.63, 3.8) is 0 Å². The van der Waals surface area contributed by atoms with Gasteiger partial charge in [-0.15, -0.1) is 0 Å². The Kier molecular flexibility index (Phi) is 2.55. The van der Waals surface area contributed by atoms with Crippen LogP contribution in [-0.2, 0) is 0 Å². The summed E-state index contributed by atoms with van der Waals surface area (Å²) in [7, 11) is 0. The average Bonchev–Trinajstić information content (AvgIpc) is 1.96. The summed E-state index contributed by atoms with van der Waals surface area (Å²) in [5.74, 6) is -1.73. The van der Waals surface area contributed by atoms with Crippen molar-refractivity contribution >= 4 is 29.1 Å². The zero-order chi connectivity index (χ0) is 9.30. The number of halogens is 3. The third kappa shape index (κ3) is 1.68. The first-order valence-corrected chi connectivity index (χ1v) is 3.72. The minimum atomic E-state index is -0.892. The quantitative estimate of drug-likeness (QED) is 0.706. The van der Waals surface area contributed by atoms with Crippen LogP contribution in [0.5, 0.6) is 0 Å². The molecule has 64 valence electrons. The molecule has 0 radical (unpaired) electrons. The molecule has 0 unspecified atom stereocenters. The van der Waals surface area contributed by atoms with Crippen LogP contribution in [0.1, 0.15) is 10.4 Å². The maximum atomic E-state index is 12.9. The Labute approximate surface area is 78.1 Å². The molecule has 0 spiro atoms. The largest absolute Gasteiger partial charge is 0.366 e. The van der Waals surface area contributed by atoms with Crippen LogP contribution in [-0.4, -0.2) is 5.91 Å². The third-order valence-corrected chi connectivity index (χ3v) is 1.75. The standard InChI is InChI=1S/C7H4Cl2FNO/c8-3-1-4(7(11)12)6(10)5(9)2-3/h1-2H,(H2,11,12). The highest BCUT2D eigenvalue weighted by molar-refractivity contribution is 6.35. The van der Waals surface area contributed by atoms with E-state index in [2.05, 4.69) is 0 Å². The number of primary amides is 1. The van der Waals surface area contributed by atoms with Crippen molar-refractivity contribution in [3.8, 4) is 0 Å². The van der Waals surface area contributed by atoms with E-state index in [0.717, 1.165) is 6.07 Å². The number of rotatable bonds is 1. The molecular formula is C7H4Cl2FNO. The molecule has 0 heterocycles. The molecule has 0 aliphatic carbocycles. The van der Waals surface area contributed by atoms with Crippen molar-refractivity contribution in [2.24, 2.45) is 5.73 Å². The molecule has 2 N–H and O–H groups in total. The second-order valence-electron chi connectivity index (χ2n) is 2.11. The molecule has 2 nitrogen and oxygen atoms in total. The highest BCUT2D eigenvalue weighted by atomic mass is 35.5. The number of nitrogens with two attached hydrogens (primary N) is 1. The lowest BCUT2D eigenvalue weighted by molar-refractivity contribution is 0.0996. The zero-order valence-electron chi connectivity index (χ0n) is 5.77. The van der Waals surface area contributed by atoms with Crippen LogP contribution in [0.2, 0.25) is 10.0 Å². The fraction of sp³-hybridized carbons (Fsp3) is 0. The van der Waals surface area contributed by atoms with E-state index in [1.165, 1.54) is 6.07 Å². The van der Waals surface area contributed by atoms with Crippen molar-refractivity contribution in [3.05, 3.63) is 33.6 Å². The predicted octanol–water partition coefficient (Wildman–Crippen LogP) is 2.23. The summed E-state index contributed by atoms with van der Waals surface area (Å²) < 4.78 is 12.9. The van der Waals surface area contributed by atoms with E-state index in [4.69, 9.17) is 28.9 Å². The van der Waals surface area contributed by atoms with Gasteiger partial charge in [0.05, 0.1) is 10.6 Å². The SMILES string of the molecule is NC(=O)c1cc(Cl)cc(Cl)c1F. The molecule has 0 atom stereocenters. The Balaban J connectivity index is 3.37. The molecule has 0 aliphatic heterocycles. The molecular weight excluding hydrogens is 204 g/mol. The molecule has 5 heteroatoms. The molecule has 1 amide bonds. The van der Waals surface area contributed by atoms with Crippen LogP contribution in [0.4, 0.5) is 4.39 Å². The summed E-state index contributed by atoms with van der Waals surface area (Å²) in [6.45, 7) is 0.